The molecule has 0 saturated carbocycles. The van der Waals surface area contributed by atoms with Crippen LogP contribution >= 0.6 is 0 Å². The monoisotopic (exact) mass is 1070 g/mol. The number of rotatable bonds is 20. The second kappa shape index (κ2) is 26.2. The number of likely N-dealkylation sites (tertiary alicyclic amines) is 2. The summed E-state index contributed by atoms with van der Waals surface area (Å²) in [5.74, 6) is 0.822. The highest BCUT2D eigenvalue weighted by Crippen LogP contribution is 2.34. The molecule has 10 rings (SSSR count). The first-order valence-corrected chi connectivity index (χ1v) is 27.2. The standard InChI is InChI=1S/C31H36N4O4.C30H33N5O5/c1-39-27-15-13-24(14-16-27)22-33(21-23-8-3-2-4-9-23)18-7-10-25-20-26(17-19-34(25)31(37)38)35-29-12-6-5-11-28(29)32-30(35)36;36-29-31-26-10-4-5-11-28(26)34(29)27-16-18-33(30(37)38)21-24(27)9-6-17-32(19-22-7-2-1-3-8-22)20-23-12-14-25(15-13-23)35(39)40/h2-6,8-9,11-16,25-26H,7,10,17-22H2,1H3,(H,32,36)(H,37,38);1-5,7-8,10-15,24,27H,6,9,16-21H2,(H,31,36)(H,37,38)/t;24?,27-/m.0/s1. The number of H-pyrrole nitrogens is 2. The number of aromatic amines is 2. The number of hydrogen-bond acceptors (Lipinski definition) is 9. The number of nitrogens with one attached hydrogen (secondary N) is 2. The predicted molar refractivity (Wildman–Crippen MR) is 304 cm³/mol. The fourth-order valence-corrected chi connectivity index (χ4v) is 11.7. The Morgan fingerprint density at radius 2 is 1.11 bits per heavy atom. The molecule has 2 aliphatic rings. The van der Waals surface area contributed by atoms with Crippen molar-refractivity contribution in [3.63, 3.8) is 0 Å². The quantitative estimate of drug-likeness (QED) is 0.0416. The summed E-state index contributed by atoms with van der Waals surface area (Å²) in [7, 11) is 1.67. The van der Waals surface area contributed by atoms with Gasteiger partial charge in [0, 0.05) is 76.1 Å². The third-order valence-corrected chi connectivity index (χ3v) is 15.5. The van der Waals surface area contributed by atoms with E-state index in [-0.39, 0.29) is 41.1 Å². The number of carboxylic acid groups (broad SMARTS) is 2. The number of piperidine rings is 2. The molecule has 0 radical (unpaired) electrons. The zero-order valence-corrected chi connectivity index (χ0v) is 44.5. The summed E-state index contributed by atoms with van der Waals surface area (Å²) in [6, 6.07) is 50.4. The highest BCUT2D eigenvalue weighted by molar-refractivity contribution is 5.76. The highest BCUT2D eigenvalue weighted by Gasteiger charge is 2.35. The number of benzene rings is 6. The molecule has 0 aliphatic carbocycles. The average Bonchev–Trinajstić information content (AvgIpc) is 4.05. The van der Waals surface area contributed by atoms with Crippen molar-refractivity contribution in [2.45, 2.75) is 89.3 Å². The van der Waals surface area contributed by atoms with Crippen LogP contribution in [0.15, 0.2) is 167 Å². The van der Waals surface area contributed by atoms with Crippen molar-refractivity contribution in [2.75, 3.05) is 39.8 Å². The summed E-state index contributed by atoms with van der Waals surface area (Å²) in [6.07, 6.45) is 3.18. The van der Waals surface area contributed by atoms with E-state index in [0.717, 1.165) is 91.8 Å². The molecular formula is C61H69N9O9. The number of nitrogens with zero attached hydrogens (tertiary/aromatic N) is 7. The molecule has 2 saturated heterocycles. The van der Waals surface area contributed by atoms with Crippen molar-refractivity contribution >= 4 is 39.9 Å². The lowest BCUT2D eigenvalue weighted by Crippen LogP contribution is -2.47. The van der Waals surface area contributed by atoms with Gasteiger partial charge in [0.1, 0.15) is 5.75 Å². The van der Waals surface area contributed by atoms with Crippen LogP contribution in [0.3, 0.4) is 0 Å². The van der Waals surface area contributed by atoms with Gasteiger partial charge in [0.15, 0.2) is 0 Å². The van der Waals surface area contributed by atoms with Crippen molar-refractivity contribution in [3.05, 3.63) is 211 Å². The molecular weight excluding hydrogens is 1000 g/mol. The van der Waals surface area contributed by atoms with Gasteiger partial charge in [0.2, 0.25) is 0 Å². The number of nitro benzene ring substituents is 1. The van der Waals surface area contributed by atoms with Gasteiger partial charge in [0.25, 0.3) is 5.69 Å². The van der Waals surface area contributed by atoms with Gasteiger partial charge in [-0.15, -0.1) is 0 Å². The lowest BCUT2D eigenvalue weighted by molar-refractivity contribution is -0.384. The van der Waals surface area contributed by atoms with Gasteiger partial charge in [0.05, 0.1) is 34.1 Å². The Kier molecular flexibility index (Phi) is 18.4. The molecule has 0 bridgehead atoms. The first-order valence-electron chi connectivity index (χ1n) is 27.2. The summed E-state index contributed by atoms with van der Waals surface area (Å²) in [4.78, 5) is 74.0. The van der Waals surface area contributed by atoms with Gasteiger partial charge < -0.3 is 34.7 Å². The molecule has 2 fully saturated rings. The molecule has 6 aromatic carbocycles. The minimum atomic E-state index is -0.932. The Balaban J connectivity index is 0.000000192. The number of fused-ring (bicyclic) bond motifs is 2. The molecule has 2 amide bonds. The van der Waals surface area contributed by atoms with Gasteiger partial charge in [-0.25, -0.2) is 19.2 Å². The first-order chi connectivity index (χ1) is 38.4. The van der Waals surface area contributed by atoms with E-state index in [1.165, 1.54) is 33.7 Å². The van der Waals surface area contributed by atoms with Gasteiger partial charge in [-0.05, 0) is 123 Å². The maximum atomic E-state index is 13.0. The number of imidazole rings is 2. The van der Waals surface area contributed by atoms with Gasteiger partial charge >= 0.3 is 23.6 Å². The summed E-state index contributed by atoms with van der Waals surface area (Å²) >= 11 is 0. The third kappa shape index (κ3) is 14.2. The number of ether oxygens (including phenoxy) is 1. The zero-order chi connectivity index (χ0) is 55.3. The predicted octanol–water partition coefficient (Wildman–Crippen LogP) is 10.8. The number of para-hydroxylation sites is 4. The van der Waals surface area contributed by atoms with Crippen molar-refractivity contribution in [3.8, 4) is 5.75 Å². The van der Waals surface area contributed by atoms with Gasteiger partial charge in [-0.3, -0.25) is 29.0 Å². The summed E-state index contributed by atoms with van der Waals surface area (Å²) < 4.78 is 8.95. The van der Waals surface area contributed by atoms with Crippen molar-refractivity contribution in [2.24, 2.45) is 5.92 Å². The highest BCUT2D eigenvalue weighted by atomic mass is 16.6. The van der Waals surface area contributed by atoms with Crippen LogP contribution in [0.1, 0.15) is 79.3 Å². The van der Waals surface area contributed by atoms with E-state index in [2.05, 4.69) is 68.3 Å². The SMILES string of the molecule is COc1ccc(CN(CCCC2CC(n3c(=O)[nH]c4ccccc43)CCN2C(=O)O)Cc2ccccc2)cc1.O=C(O)N1CC[C@H](n2c(=O)[nH]c3ccccc32)C(CCCN(Cc2ccccc2)Cc2ccc([N+](=O)[O-])cc2)C1. The number of aromatic nitrogens is 4. The molecule has 3 unspecified atom stereocenters. The number of carbonyl (C=O) groups is 2. The van der Waals surface area contributed by atoms with Crippen LogP contribution in [0.25, 0.3) is 22.1 Å². The summed E-state index contributed by atoms with van der Waals surface area (Å²) in [5.41, 5.74) is 7.70. The summed E-state index contributed by atoms with van der Waals surface area (Å²) in [5, 5.41) is 30.7. The lowest BCUT2D eigenvalue weighted by Gasteiger charge is -2.38. The molecule has 412 valence electrons. The van der Waals surface area contributed by atoms with Crippen LogP contribution < -0.4 is 16.1 Å². The Hall–Kier alpha value is -8.48. The third-order valence-electron chi connectivity index (χ3n) is 15.5. The Morgan fingerprint density at radius 3 is 1.65 bits per heavy atom. The smallest absolute Gasteiger partial charge is 0.407 e. The van der Waals surface area contributed by atoms with E-state index in [1.54, 1.807) is 24.1 Å². The molecule has 18 nitrogen and oxygen atoms in total. The number of nitro groups is 1. The van der Waals surface area contributed by atoms with Crippen LogP contribution in [-0.2, 0) is 26.2 Å². The Bertz CT molecular complexity index is 3400. The van der Waals surface area contributed by atoms with E-state index in [4.69, 9.17) is 4.74 Å². The molecule has 79 heavy (non-hydrogen) atoms. The van der Waals surface area contributed by atoms with E-state index in [0.29, 0.717) is 45.4 Å². The summed E-state index contributed by atoms with van der Waals surface area (Å²) in [6.45, 7) is 5.74. The van der Waals surface area contributed by atoms with Crippen LogP contribution in [0.5, 0.6) is 5.75 Å². The number of non-ortho nitro benzene ring substituents is 1. The second-order valence-electron chi connectivity index (χ2n) is 20.7. The average molecular weight is 1070 g/mol. The van der Waals surface area contributed by atoms with Crippen molar-refractivity contribution in [1.29, 1.82) is 0 Å². The molecule has 4 N–H and O–H groups in total. The fraction of sp³-hybridized carbons (Fsp3) is 0.344. The normalized spacial score (nSPS) is 17.5. The number of amides is 2. The topological polar surface area (TPSA) is 216 Å². The van der Waals surface area contributed by atoms with Crippen molar-refractivity contribution < 1.29 is 29.5 Å². The van der Waals surface area contributed by atoms with Gasteiger partial charge in [-0.1, -0.05) is 109 Å². The number of methoxy groups -OCH3 is 1. The maximum Gasteiger partial charge on any atom is 0.407 e. The molecule has 2 aromatic heterocycles. The molecule has 0 spiro atoms. The first kappa shape index (κ1) is 55.3. The van der Waals surface area contributed by atoms with E-state index < -0.39 is 17.1 Å². The molecule has 2 aliphatic heterocycles. The Labute approximate surface area is 458 Å². The molecule has 4 heterocycles. The van der Waals surface area contributed by atoms with Gasteiger partial charge in [-0.2, -0.15) is 0 Å². The maximum absolute atomic E-state index is 13.0. The van der Waals surface area contributed by atoms with Crippen LogP contribution in [0.4, 0.5) is 15.3 Å². The lowest BCUT2D eigenvalue weighted by atomic mass is 9.87. The minimum Gasteiger partial charge on any atom is -0.497 e. The van der Waals surface area contributed by atoms with E-state index >= 15 is 0 Å². The van der Waals surface area contributed by atoms with Crippen LogP contribution in [-0.4, -0.2) is 112 Å². The largest absolute Gasteiger partial charge is 0.497 e. The number of hydrogen-bond donors (Lipinski definition) is 4. The molecule has 4 atom stereocenters. The van der Waals surface area contributed by atoms with Crippen LogP contribution in [0, 0.1) is 16.0 Å². The molecule has 18 heteroatoms. The van der Waals surface area contributed by atoms with E-state index in [9.17, 15) is 39.5 Å². The fourth-order valence-electron chi connectivity index (χ4n) is 11.7. The Morgan fingerprint density at radius 1 is 0.620 bits per heavy atom. The van der Waals surface area contributed by atoms with Crippen molar-refractivity contribution in [1.82, 2.24) is 38.7 Å². The zero-order valence-electron chi connectivity index (χ0n) is 44.5. The van der Waals surface area contributed by atoms with E-state index in [1.807, 2.05) is 94.1 Å². The minimum absolute atomic E-state index is 0.0142. The molecule has 8 aromatic rings. The van der Waals surface area contributed by atoms with Crippen LogP contribution in [0.2, 0.25) is 0 Å². The second-order valence-corrected chi connectivity index (χ2v) is 20.7.